The van der Waals surface area contributed by atoms with Crippen LogP contribution in [0.5, 0.6) is 0 Å². The Bertz CT molecular complexity index is 636. The minimum absolute atomic E-state index is 0.0541. The Balaban J connectivity index is 1.59. The lowest BCUT2D eigenvalue weighted by Gasteiger charge is -2.23. The third-order valence-electron chi connectivity index (χ3n) is 5.18. The van der Waals surface area contributed by atoms with Gasteiger partial charge in [0.15, 0.2) is 0 Å². The van der Waals surface area contributed by atoms with Crippen LogP contribution < -0.4 is 0 Å². The third-order valence-corrected chi connectivity index (χ3v) is 5.18. The molecule has 3 fully saturated rings. The van der Waals surface area contributed by atoms with E-state index in [1.165, 1.54) is 0 Å². The second-order valence-electron chi connectivity index (χ2n) is 6.56. The van der Waals surface area contributed by atoms with Crippen molar-refractivity contribution in [2.45, 2.75) is 49.5 Å². The van der Waals surface area contributed by atoms with Crippen molar-refractivity contribution in [2.24, 2.45) is 5.92 Å². The van der Waals surface area contributed by atoms with Crippen molar-refractivity contribution in [1.29, 1.82) is 0 Å². The van der Waals surface area contributed by atoms with Gasteiger partial charge < -0.3 is 18.9 Å². The maximum atomic E-state index is 12.0. The highest BCUT2D eigenvalue weighted by Gasteiger charge is 2.68. The van der Waals surface area contributed by atoms with Crippen LogP contribution >= 0.6 is 0 Å². The molecule has 0 aromatic carbocycles. The predicted molar refractivity (Wildman–Crippen MR) is 67.0 cm³/mol. The molecule has 1 aliphatic carbocycles. The molecule has 0 radical (unpaired) electrons. The third kappa shape index (κ3) is 1.44. The van der Waals surface area contributed by atoms with E-state index in [1.807, 2.05) is 6.92 Å². The van der Waals surface area contributed by atoms with Crippen molar-refractivity contribution in [2.75, 3.05) is 0 Å². The molecule has 0 amide bonds. The number of esters is 2. The number of hydrogen-bond donors (Lipinski definition) is 0. The van der Waals surface area contributed by atoms with Crippen LogP contribution in [0, 0.1) is 5.92 Å². The van der Waals surface area contributed by atoms with Gasteiger partial charge in [0.2, 0.25) is 0 Å². The van der Waals surface area contributed by atoms with Gasteiger partial charge in [0.1, 0.15) is 30.5 Å². The van der Waals surface area contributed by atoms with E-state index in [4.69, 9.17) is 18.9 Å². The van der Waals surface area contributed by atoms with Gasteiger partial charge in [-0.3, -0.25) is 0 Å². The number of carbonyl (C=O) groups excluding carboxylic acids is 2. The second-order valence-corrected chi connectivity index (χ2v) is 6.56. The summed E-state index contributed by atoms with van der Waals surface area (Å²) in [6, 6.07) is 0. The first-order valence-electron chi connectivity index (χ1n) is 7.14. The van der Waals surface area contributed by atoms with Crippen LogP contribution in [0.25, 0.3) is 0 Å². The average molecular weight is 290 g/mol. The van der Waals surface area contributed by atoms with E-state index in [2.05, 4.69) is 6.58 Å². The molecule has 4 aliphatic heterocycles. The van der Waals surface area contributed by atoms with Gasteiger partial charge in [-0.25, -0.2) is 9.59 Å². The molecule has 2 bridgehead atoms. The summed E-state index contributed by atoms with van der Waals surface area (Å²) in [5.74, 6) is -1.12. The first kappa shape index (κ1) is 11.9. The van der Waals surface area contributed by atoms with Gasteiger partial charge >= 0.3 is 11.9 Å². The molecule has 0 aromatic heterocycles. The summed E-state index contributed by atoms with van der Waals surface area (Å²) in [6.07, 6.45) is 1.08. The van der Waals surface area contributed by atoms with Crippen LogP contribution in [0.4, 0.5) is 0 Å². The molecule has 5 aliphatic rings. The van der Waals surface area contributed by atoms with Crippen molar-refractivity contribution in [3.8, 4) is 0 Å². The number of ether oxygens (including phenoxy) is 4. The fourth-order valence-corrected chi connectivity index (χ4v) is 3.92. The highest BCUT2D eigenvalue weighted by molar-refractivity contribution is 5.94. The molecule has 1 unspecified atom stereocenters. The Morgan fingerprint density at radius 3 is 2.90 bits per heavy atom. The fraction of sp³-hybridized carbons (Fsp3) is 0.600. The quantitative estimate of drug-likeness (QED) is 0.362. The number of carbonyl (C=O) groups is 2. The minimum Gasteiger partial charge on any atom is -0.458 e. The van der Waals surface area contributed by atoms with Gasteiger partial charge in [-0.05, 0) is 13.0 Å². The SMILES string of the molecule is C=C1C(=O)O[C@H]2C[C@]3(C)O[C@@H]3[C@@H]3O[C@@H]3C3=C[C@@H](OC3=O)C12. The molecule has 0 saturated carbocycles. The molecule has 5 rings (SSSR count). The highest BCUT2D eigenvalue weighted by atomic mass is 16.7. The zero-order valence-electron chi connectivity index (χ0n) is 11.4. The largest absolute Gasteiger partial charge is 0.458 e. The summed E-state index contributed by atoms with van der Waals surface area (Å²) < 4.78 is 22.3. The van der Waals surface area contributed by atoms with Gasteiger partial charge in [-0.2, -0.15) is 0 Å². The zero-order valence-corrected chi connectivity index (χ0v) is 11.4. The standard InChI is InChI=1S/C15H14O6/c1-5-9-7-3-6(14(17)18-7)10-11(20-10)12-15(2,21-12)4-8(9)19-13(5)16/h3,7-12H,1,4H2,2H3/t7-,8+,9?,10-,11-,12-,15+/m1/s1. The zero-order chi connectivity index (χ0) is 14.5. The maximum Gasteiger partial charge on any atom is 0.337 e. The van der Waals surface area contributed by atoms with Gasteiger partial charge in [0.25, 0.3) is 0 Å². The van der Waals surface area contributed by atoms with Crippen molar-refractivity contribution >= 4 is 11.9 Å². The molecule has 0 spiro atoms. The topological polar surface area (TPSA) is 77.7 Å². The van der Waals surface area contributed by atoms with Crippen LogP contribution in [0.2, 0.25) is 0 Å². The second kappa shape index (κ2) is 3.39. The van der Waals surface area contributed by atoms with Crippen LogP contribution in [0.3, 0.4) is 0 Å². The first-order chi connectivity index (χ1) is 9.98. The average Bonchev–Trinajstić information content (AvgIpc) is 3.25. The normalized spacial score (nSPS) is 53.0. The minimum atomic E-state index is -0.500. The van der Waals surface area contributed by atoms with E-state index in [1.54, 1.807) is 6.08 Å². The Labute approximate surface area is 120 Å². The van der Waals surface area contributed by atoms with E-state index in [0.717, 1.165) is 0 Å². The molecule has 7 atom stereocenters. The molecule has 6 heteroatoms. The molecule has 110 valence electrons. The molecule has 6 nitrogen and oxygen atoms in total. The number of hydrogen-bond acceptors (Lipinski definition) is 6. The summed E-state index contributed by atoms with van der Waals surface area (Å²) >= 11 is 0. The fourth-order valence-electron chi connectivity index (χ4n) is 3.92. The van der Waals surface area contributed by atoms with Crippen molar-refractivity contribution in [1.82, 2.24) is 0 Å². The Morgan fingerprint density at radius 1 is 1.29 bits per heavy atom. The number of fused-ring (bicyclic) bond motifs is 7. The molecule has 0 N–H and O–H groups in total. The van der Waals surface area contributed by atoms with Crippen molar-refractivity contribution in [3.63, 3.8) is 0 Å². The van der Waals surface area contributed by atoms with E-state index in [-0.39, 0.29) is 41.9 Å². The predicted octanol–water partition coefficient (Wildman–Crippen LogP) is 0.265. The summed E-state index contributed by atoms with van der Waals surface area (Å²) in [5.41, 5.74) is 0.536. The molecule has 3 saturated heterocycles. The molecule has 21 heavy (non-hydrogen) atoms. The van der Waals surface area contributed by atoms with Crippen molar-refractivity contribution < 1.29 is 28.5 Å². The Kier molecular flexibility index (Phi) is 1.93. The van der Waals surface area contributed by atoms with Crippen LogP contribution in [-0.4, -0.2) is 48.1 Å². The maximum absolute atomic E-state index is 12.0. The van der Waals surface area contributed by atoms with E-state index < -0.39 is 12.1 Å². The number of rotatable bonds is 0. The van der Waals surface area contributed by atoms with Crippen molar-refractivity contribution in [3.05, 3.63) is 23.8 Å². The van der Waals surface area contributed by atoms with E-state index in [9.17, 15) is 9.59 Å². The van der Waals surface area contributed by atoms with E-state index in [0.29, 0.717) is 17.6 Å². The summed E-state index contributed by atoms with van der Waals surface area (Å²) in [7, 11) is 0. The highest BCUT2D eigenvalue weighted by Crippen LogP contribution is 2.54. The van der Waals surface area contributed by atoms with Gasteiger partial charge in [-0.1, -0.05) is 6.58 Å². The number of epoxide rings is 2. The van der Waals surface area contributed by atoms with Gasteiger partial charge in [-0.15, -0.1) is 0 Å². The lowest BCUT2D eigenvalue weighted by atomic mass is 9.83. The smallest absolute Gasteiger partial charge is 0.337 e. The monoisotopic (exact) mass is 290 g/mol. The van der Waals surface area contributed by atoms with Gasteiger partial charge in [0.05, 0.1) is 17.1 Å². The first-order valence-corrected chi connectivity index (χ1v) is 7.14. The van der Waals surface area contributed by atoms with Crippen LogP contribution in [0.1, 0.15) is 13.3 Å². The summed E-state index contributed by atoms with van der Waals surface area (Å²) in [4.78, 5) is 23.9. The summed E-state index contributed by atoms with van der Waals surface area (Å²) in [5, 5.41) is 0. The summed E-state index contributed by atoms with van der Waals surface area (Å²) in [6.45, 7) is 5.80. The molecular formula is C15H14O6. The Morgan fingerprint density at radius 2 is 2.10 bits per heavy atom. The van der Waals surface area contributed by atoms with Crippen LogP contribution in [-0.2, 0) is 28.5 Å². The van der Waals surface area contributed by atoms with Crippen LogP contribution in [0.15, 0.2) is 23.8 Å². The lowest BCUT2D eigenvalue weighted by molar-refractivity contribution is -0.143. The molecule has 0 aromatic rings. The van der Waals surface area contributed by atoms with E-state index >= 15 is 0 Å². The lowest BCUT2D eigenvalue weighted by Crippen LogP contribution is -2.33. The molecular weight excluding hydrogens is 276 g/mol. The van der Waals surface area contributed by atoms with Gasteiger partial charge in [0, 0.05) is 12.0 Å². The molecule has 4 heterocycles. The Hall–Kier alpha value is -1.66.